The second-order valence-corrected chi connectivity index (χ2v) is 7.77. The molecule has 0 radical (unpaired) electrons. The van der Waals surface area contributed by atoms with Gasteiger partial charge in [-0.05, 0) is 13.3 Å². The zero-order valence-electron chi connectivity index (χ0n) is 14.8. The summed E-state index contributed by atoms with van der Waals surface area (Å²) in [7, 11) is -3.90. The van der Waals surface area contributed by atoms with Gasteiger partial charge < -0.3 is 41.1 Å². The minimum atomic E-state index is -3.90. The summed E-state index contributed by atoms with van der Waals surface area (Å²) in [6, 6.07) is -2.15. The van der Waals surface area contributed by atoms with E-state index in [0.717, 1.165) is 0 Å². The smallest absolute Gasteiger partial charge is 0.356 e. The Labute approximate surface area is 165 Å². The molecule has 0 spiro atoms. The maximum absolute atomic E-state index is 11.5. The number of nitrogens with two attached hydrogens (primary N) is 1. The van der Waals surface area contributed by atoms with E-state index in [1.807, 2.05) is 0 Å². The molecule has 2 amide bonds. The molecule has 0 aliphatic carbocycles. The van der Waals surface area contributed by atoms with Crippen molar-refractivity contribution in [2.75, 3.05) is 12.3 Å². The van der Waals surface area contributed by atoms with Crippen LogP contribution < -0.4 is 16.4 Å². The Morgan fingerprint density at radius 3 is 2.11 bits per heavy atom. The van der Waals surface area contributed by atoms with Gasteiger partial charge in [0.25, 0.3) is 0 Å². The molecule has 1 heterocycles. The number of amides is 2. The highest BCUT2D eigenvalue weighted by atomic mass is 32.1. The fourth-order valence-corrected chi connectivity index (χ4v) is 2.84. The number of thiol groups is 1. The number of hydrogen-bond acceptors (Lipinski definition) is 8. The first kappa shape index (κ1) is 26.3. The molecule has 0 aromatic rings. The number of nitrogens with one attached hydrogen (secondary N) is 2. The molecule has 0 bridgehead atoms. The first-order valence-corrected chi connectivity index (χ1v) is 10.2. The molecule has 1 saturated heterocycles. The van der Waals surface area contributed by atoms with E-state index in [1.165, 1.54) is 0 Å². The van der Waals surface area contributed by atoms with Crippen LogP contribution in [0.25, 0.3) is 0 Å². The van der Waals surface area contributed by atoms with Gasteiger partial charge in [-0.2, -0.15) is 12.6 Å². The van der Waals surface area contributed by atoms with Gasteiger partial charge in [-0.3, -0.25) is 23.7 Å². The van der Waals surface area contributed by atoms with Crippen LogP contribution in [0, 0.1) is 0 Å². The van der Waals surface area contributed by atoms with E-state index in [1.54, 1.807) is 6.92 Å². The maximum Gasteiger partial charge on any atom is 0.356 e. The summed E-state index contributed by atoms with van der Waals surface area (Å²) < 4.78 is 14.7. The summed E-state index contributed by atoms with van der Waals surface area (Å²) in [5.41, 5.74) is 5.23. The van der Waals surface area contributed by atoms with Crippen LogP contribution in [0.4, 0.5) is 0 Å². The van der Waals surface area contributed by atoms with Gasteiger partial charge in [0.15, 0.2) is 5.85 Å². The molecule has 0 aromatic heterocycles. The largest absolute Gasteiger partial charge is 0.480 e. The summed E-state index contributed by atoms with van der Waals surface area (Å²) in [6.07, 6.45) is -0.489. The predicted molar refractivity (Wildman–Crippen MR) is 97.7 cm³/mol. The molecule has 1 aliphatic rings. The Kier molecular flexibility index (Phi) is 11.3. The standard InChI is InChI=1S/C10H17N3O6S.C3H7O4P/c11-5(10(18)19)1-2-7(14)13-6(4-20)9(17)12-3-8(15)16;1-2-3(7-2)8(4,5)6/h5-6,20H,1-4,11H2,(H,12,17)(H,13,14)(H,15,16)(H,18,19);2-3H,1H3,(H2,4,5,6)/t5-,6-;2-,3+/m00/s1. The van der Waals surface area contributed by atoms with E-state index >= 15 is 0 Å². The molecule has 1 aliphatic heterocycles. The lowest BCUT2D eigenvalue weighted by molar-refractivity contribution is -0.139. The molecule has 28 heavy (non-hydrogen) atoms. The summed E-state index contributed by atoms with van der Waals surface area (Å²) in [4.78, 5) is 60.4. The van der Waals surface area contributed by atoms with Gasteiger partial charge >= 0.3 is 19.5 Å². The van der Waals surface area contributed by atoms with E-state index in [2.05, 4.69) is 28.0 Å². The number of carbonyl (C=O) groups excluding carboxylic acids is 2. The van der Waals surface area contributed by atoms with Crippen molar-refractivity contribution >= 4 is 44.0 Å². The minimum Gasteiger partial charge on any atom is -0.480 e. The van der Waals surface area contributed by atoms with E-state index in [4.69, 9.17) is 25.7 Å². The average molecular weight is 445 g/mol. The fourth-order valence-electron chi connectivity index (χ4n) is 1.68. The SMILES string of the molecule is C[C@@H]1O[C@@H]1P(=O)(O)O.N[C@@H](CCC(=O)N[C@@H](CS)C(=O)NCC(=O)O)C(=O)O. The van der Waals surface area contributed by atoms with E-state index in [9.17, 15) is 23.7 Å². The molecule has 1 fully saturated rings. The van der Waals surface area contributed by atoms with Crippen LogP contribution in [0.1, 0.15) is 19.8 Å². The van der Waals surface area contributed by atoms with Crippen LogP contribution >= 0.6 is 20.2 Å². The van der Waals surface area contributed by atoms with Gasteiger partial charge in [0.1, 0.15) is 18.6 Å². The number of epoxide rings is 1. The highest BCUT2D eigenvalue weighted by Gasteiger charge is 2.48. The molecule has 0 saturated carbocycles. The van der Waals surface area contributed by atoms with Gasteiger partial charge in [-0.25, -0.2) is 0 Å². The summed E-state index contributed by atoms with van der Waals surface area (Å²) >= 11 is 3.87. The lowest BCUT2D eigenvalue weighted by Crippen LogP contribution is -2.49. The number of carbonyl (C=O) groups is 4. The summed E-state index contributed by atoms with van der Waals surface area (Å²) in [5, 5.41) is 21.4. The van der Waals surface area contributed by atoms with Gasteiger partial charge in [0.2, 0.25) is 11.8 Å². The zero-order chi connectivity index (χ0) is 22.1. The van der Waals surface area contributed by atoms with E-state index < -0.39 is 55.8 Å². The number of carboxylic acid groups (broad SMARTS) is 2. The Morgan fingerprint density at radius 1 is 1.25 bits per heavy atom. The van der Waals surface area contributed by atoms with Crippen LogP contribution in [0.15, 0.2) is 0 Å². The van der Waals surface area contributed by atoms with Crippen molar-refractivity contribution in [1.82, 2.24) is 10.6 Å². The quantitative estimate of drug-likeness (QED) is 0.101. The number of ether oxygens (including phenoxy) is 1. The van der Waals surface area contributed by atoms with Gasteiger partial charge in [0.05, 0.1) is 6.10 Å². The van der Waals surface area contributed by atoms with Crippen LogP contribution in [-0.4, -0.2) is 80.1 Å². The predicted octanol–water partition coefficient (Wildman–Crippen LogP) is -2.30. The molecule has 1 rings (SSSR count). The third-order valence-corrected chi connectivity index (χ3v) is 4.83. The van der Waals surface area contributed by atoms with Crippen molar-refractivity contribution in [3.8, 4) is 0 Å². The Balaban J connectivity index is 0.000000749. The molecular formula is C13H24N3O10PS. The second kappa shape index (κ2) is 12.0. The van der Waals surface area contributed by atoms with E-state index in [-0.39, 0.29) is 24.7 Å². The number of aliphatic carboxylic acids is 2. The van der Waals surface area contributed by atoms with Crippen LogP contribution in [0.2, 0.25) is 0 Å². The first-order chi connectivity index (χ1) is 12.8. The number of carboxylic acids is 2. The molecule has 8 N–H and O–H groups in total. The monoisotopic (exact) mass is 445 g/mol. The first-order valence-electron chi connectivity index (χ1n) is 7.88. The lowest BCUT2D eigenvalue weighted by Gasteiger charge is -2.16. The van der Waals surface area contributed by atoms with Crippen molar-refractivity contribution in [2.24, 2.45) is 5.73 Å². The van der Waals surface area contributed by atoms with Crippen molar-refractivity contribution in [3.63, 3.8) is 0 Å². The molecule has 0 unspecified atom stereocenters. The topological polar surface area (TPSA) is 229 Å². The third kappa shape index (κ3) is 11.2. The fraction of sp³-hybridized carbons (Fsp3) is 0.692. The van der Waals surface area contributed by atoms with Gasteiger partial charge in [-0.15, -0.1) is 0 Å². The lowest BCUT2D eigenvalue weighted by atomic mass is 10.1. The summed E-state index contributed by atoms with van der Waals surface area (Å²) in [5.74, 6) is -4.52. The zero-order valence-corrected chi connectivity index (χ0v) is 16.6. The van der Waals surface area contributed by atoms with Crippen LogP contribution in [0.5, 0.6) is 0 Å². The van der Waals surface area contributed by atoms with Crippen molar-refractivity contribution in [3.05, 3.63) is 0 Å². The molecular weight excluding hydrogens is 421 g/mol. The number of hydrogen-bond donors (Lipinski definition) is 8. The summed E-state index contributed by atoms with van der Waals surface area (Å²) in [6.45, 7) is 1.06. The van der Waals surface area contributed by atoms with Gasteiger partial charge in [-0.1, -0.05) is 0 Å². The highest BCUT2D eigenvalue weighted by Crippen LogP contribution is 2.52. The van der Waals surface area contributed by atoms with E-state index in [0.29, 0.717) is 0 Å². The van der Waals surface area contributed by atoms with Crippen molar-refractivity contribution in [2.45, 2.75) is 43.8 Å². The van der Waals surface area contributed by atoms with Crippen molar-refractivity contribution < 1.29 is 48.5 Å². The molecule has 13 nitrogen and oxygen atoms in total. The van der Waals surface area contributed by atoms with Gasteiger partial charge in [0, 0.05) is 12.2 Å². The molecule has 15 heteroatoms. The molecule has 0 aromatic carbocycles. The normalized spacial score (nSPS) is 20.0. The van der Waals surface area contributed by atoms with Crippen molar-refractivity contribution in [1.29, 1.82) is 0 Å². The Hall–Kier alpha value is -1.70. The maximum atomic E-state index is 11.5. The second-order valence-electron chi connectivity index (χ2n) is 5.72. The Bertz CT molecular complexity index is 628. The van der Waals surface area contributed by atoms with Crippen LogP contribution in [0.3, 0.4) is 0 Å². The van der Waals surface area contributed by atoms with Crippen LogP contribution in [-0.2, 0) is 28.5 Å². The molecule has 4 atom stereocenters. The minimum absolute atomic E-state index is 0.0256. The molecule has 162 valence electrons. The number of rotatable bonds is 10. The third-order valence-electron chi connectivity index (χ3n) is 3.26. The Morgan fingerprint density at radius 2 is 1.79 bits per heavy atom. The average Bonchev–Trinajstić information content (AvgIpc) is 3.33. The highest BCUT2D eigenvalue weighted by molar-refractivity contribution is 7.80.